The van der Waals surface area contributed by atoms with Crippen LogP contribution < -0.4 is 5.32 Å². The summed E-state index contributed by atoms with van der Waals surface area (Å²) in [6.45, 7) is 0. The number of hydrogen-bond acceptors (Lipinski definition) is 3. The summed E-state index contributed by atoms with van der Waals surface area (Å²) in [4.78, 5) is 12.0. The monoisotopic (exact) mass is 391 g/mol. The smallest absolute Gasteiger partial charge is 0.225 e. The van der Waals surface area contributed by atoms with Gasteiger partial charge in [0.1, 0.15) is 0 Å². The highest BCUT2D eigenvalue weighted by atomic mass is 35.5. The maximum atomic E-state index is 12.2. The van der Waals surface area contributed by atoms with E-state index in [0.29, 0.717) is 20.8 Å². The number of rotatable bonds is 5. The molecule has 2 aromatic carbocycles. The van der Waals surface area contributed by atoms with Gasteiger partial charge in [0, 0.05) is 16.5 Å². The summed E-state index contributed by atoms with van der Waals surface area (Å²) >= 11 is 17.5. The van der Waals surface area contributed by atoms with E-state index in [9.17, 15) is 13.2 Å². The number of benzene rings is 2. The highest BCUT2D eigenvalue weighted by Gasteiger charge is 2.17. The third-order valence-electron chi connectivity index (χ3n) is 2.97. The van der Waals surface area contributed by atoms with Crippen LogP contribution >= 0.6 is 34.8 Å². The van der Waals surface area contributed by atoms with Gasteiger partial charge in [0.2, 0.25) is 5.91 Å². The fourth-order valence-corrected chi connectivity index (χ4v) is 3.50. The summed E-state index contributed by atoms with van der Waals surface area (Å²) < 4.78 is 24.3. The number of nitrogens with one attached hydrogen (secondary N) is 1. The minimum atomic E-state index is -3.56. The number of amides is 1. The lowest BCUT2D eigenvalue weighted by molar-refractivity contribution is -0.115. The van der Waals surface area contributed by atoms with Crippen LogP contribution in [0.4, 0.5) is 5.69 Å². The molecule has 23 heavy (non-hydrogen) atoms. The Morgan fingerprint density at radius 3 is 2.22 bits per heavy atom. The second kappa shape index (κ2) is 7.53. The Morgan fingerprint density at radius 2 is 1.57 bits per heavy atom. The highest BCUT2D eigenvalue weighted by Crippen LogP contribution is 2.25. The fraction of sp³-hybridized carbons (Fsp3) is 0.133. The summed E-state index contributed by atoms with van der Waals surface area (Å²) in [5.41, 5.74) is 0.341. The van der Waals surface area contributed by atoms with Crippen LogP contribution in [0.15, 0.2) is 47.4 Å². The number of hydrogen-bond donors (Lipinski definition) is 1. The molecule has 0 aromatic heterocycles. The van der Waals surface area contributed by atoms with Gasteiger partial charge in [-0.15, -0.1) is 0 Å². The SMILES string of the molecule is O=C(CCS(=O)(=O)c1ccc(Cl)cc1)Nc1cc(Cl)ccc1Cl. The van der Waals surface area contributed by atoms with Gasteiger partial charge in [0.25, 0.3) is 0 Å². The largest absolute Gasteiger partial charge is 0.325 e. The molecule has 1 N–H and O–H groups in total. The first-order chi connectivity index (χ1) is 10.8. The number of carbonyl (C=O) groups excluding carboxylic acids is 1. The van der Waals surface area contributed by atoms with Crippen molar-refractivity contribution in [1.29, 1.82) is 0 Å². The lowest BCUT2D eigenvalue weighted by atomic mass is 10.3. The molecule has 0 saturated carbocycles. The maximum Gasteiger partial charge on any atom is 0.225 e. The van der Waals surface area contributed by atoms with Crippen LogP contribution in [0.1, 0.15) is 6.42 Å². The van der Waals surface area contributed by atoms with Gasteiger partial charge in [-0.2, -0.15) is 0 Å². The van der Waals surface area contributed by atoms with E-state index in [1.165, 1.54) is 30.3 Å². The second-order valence-electron chi connectivity index (χ2n) is 4.70. The van der Waals surface area contributed by atoms with Crippen molar-refractivity contribution in [3.05, 3.63) is 57.5 Å². The van der Waals surface area contributed by atoms with E-state index in [-0.39, 0.29) is 17.1 Å². The summed E-state index contributed by atoms with van der Waals surface area (Å²) in [5, 5.41) is 3.72. The van der Waals surface area contributed by atoms with Crippen LogP contribution in [0.3, 0.4) is 0 Å². The molecule has 0 aliphatic rings. The normalized spacial score (nSPS) is 11.3. The number of sulfone groups is 1. The average Bonchev–Trinajstić information content (AvgIpc) is 2.49. The summed E-state index contributed by atoms with van der Waals surface area (Å²) in [6, 6.07) is 10.4. The standard InChI is InChI=1S/C15H12Cl3NO3S/c16-10-1-4-12(5-2-10)23(21,22)8-7-15(20)19-14-9-11(17)3-6-13(14)18/h1-6,9H,7-8H2,(H,19,20). The zero-order valence-corrected chi connectivity index (χ0v) is 14.8. The van der Waals surface area contributed by atoms with Crippen molar-refractivity contribution in [1.82, 2.24) is 0 Å². The van der Waals surface area contributed by atoms with Gasteiger partial charge >= 0.3 is 0 Å². The van der Waals surface area contributed by atoms with Gasteiger partial charge in [-0.1, -0.05) is 34.8 Å². The Labute approximate surface area is 149 Å². The maximum absolute atomic E-state index is 12.2. The summed E-state index contributed by atoms with van der Waals surface area (Å²) in [5.74, 6) is -0.787. The Balaban J connectivity index is 2.01. The lowest BCUT2D eigenvalue weighted by Gasteiger charge is -2.08. The molecule has 0 atom stereocenters. The Morgan fingerprint density at radius 1 is 0.957 bits per heavy atom. The first-order valence-electron chi connectivity index (χ1n) is 6.51. The summed E-state index contributed by atoms with van der Waals surface area (Å²) in [6.07, 6.45) is -0.201. The Bertz CT molecular complexity index is 820. The molecule has 0 spiro atoms. The van der Waals surface area contributed by atoms with E-state index in [4.69, 9.17) is 34.8 Å². The Kier molecular flexibility index (Phi) is 5.92. The molecule has 4 nitrogen and oxygen atoms in total. The van der Waals surface area contributed by atoms with Crippen LogP contribution in [0.25, 0.3) is 0 Å². The number of carbonyl (C=O) groups is 1. The number of halogens is 3. The quantitative estimate of drug-likeness (QED) is 0.817. The van der Waals surface area contributed by atoms with Gasteiger partial charge in [-0.3, -0.25) is 4.79 Å². The molecule has 0 unspecified atom stereocenters. The predicted octanol–water partition coefficient (Wildman–Crippen LogP) is 4.45. The number of anilines is 1. The van der Waals surface area contributed by atoms with Crippen molar-refractivity contribution in [3.8, 4) is 0 Å². The highest BCUT2D eigenvalue weighted by molar-refractivity contribution is 7.91. The minimum Gasteiger partial charge on any atom is -0.325 e. The van der Waals surface area contributed by atoms with Gasteiger partial charge in [-0.25, -0.2) is 8.42 Å². The van der Waals surface area contributed by atoms with Crippen LogP contribution in [-0.2, 0) is 14.6 Å². The molecule has 1 amide bonds. The fourth-order valence-electron chi connectivity index (χ4n) is 1.79. The summed E-state index contributed by atoms with van der Waals surface area (Å²) in [7, 11) is -3.56. The van der Waals surface area contributed by atoms with E-state index < -0.39 is 15.7 Å². The molecule has 0 radical (unpaired) electrons. The lowest BCUT2D eigenvalue weighted by Crippen LogP contribution is -2.17. The minimum absolute atomic E-state index is 0.121. The van der Waals surface area contributed by atoms with Crippen LogP contribution in [0.2, 0.25) is 15.1 Å². The van der Waals surface area contributed by atoms with Crippen molar-refractivity contribution >= 4 is 56.2 Å². The topological polar surface area (TPSA) is 63.2 Å². The van der Waals surface area contributed by atoms with Crippen molar-refractivity contribution in [2.24, 2.45) is 0 Å². The zero-order chi connectivity index (χ0) is 17.0. The van der Waals surface area contributed by atoms with E-state index >= 15 is 0 Å². The zero-order valence-electron chi connectivity index (χ0n) is 11.7. The molecule has 0 aliphatic carbocycles. The molecule has 0 heterocycles. The molecular formula is C15H12Cl3NO3S. The third-order valence-corrected chi connectivity index (χ3v) is 5.52. The first-order valence-corrected chi connectivity index (χ1v) is 9.30. The third kappa shape index (κ3) is 5.11. The van der Waals surface area contributed by atoms with E-state index in [1.807, 2.05) is 0 Å². The van der Waals surface area contributed by atoms with E-state index in [1.54, 1.807) is 12.1 Å². The molecule has 0 saturated heterocycles. The van der Waals surface area contributed by atoms with Gasteiger partial charge in [0.15, 0.2) is 9.84 Å². The van der Waals surface area contributed by atoms with Crippen LogP contribution in [-0.4, -0.2) is 20.1 Å². The molecule has 0 fully saturated rings. The Hall–Kier alpha value is -1.27. The van der Waals surface area contributed by atoms with Crippen molar-refractivity contribution in [3.63, 3.8) is 0 Å². The van der Waals surface area contributed by atoms with Crippen LogP contribution in [0, 0.1) is 0 Å². The van der Waals surface area contributed by atoms with Crippen molar-refractivity contribution in [2.45, 2.75) is 11.3 Å². The van der Waals surface area contributed by atoms with Gasteiger partial charge in [0.05, 0.1) is 21.4 Å². The van der Waals surface area contributed by atoms with E-state index in [2.05, 4.69) is 5.32 Å². The molecule has 2 rings (SSSR count). The van der Waals surface area contributed by atoms with E-state index in [0.717, 1.165) is 0 Å². The molecule has 122 valence electrons. The van der Waals surface area contributed by atoms with Crippen LogP contribution in [0.5, 0.6) is 0 Å². The second-order valence-corrected chi connectivity index (χ2v) is 8.08. The van der Waals surface area contributed by atoms with Crippen molar-refractivity contribution < 1.29 is 13.2 Å². The predicted molar refractivity (Wildman–Crippen MR) is 93.2 cm³/mol. The molecular weight excluding hydrogens is 381 g/mol. The van der Waals surface area contributed by atoms with Gasteiger partial charge < -0.3 is 5.32 Å². The van der Waals surface area contributed by atoms with Gasteiger partial charge in [-0.05, 0) is 42.5 Å². The van der Waals surface area contributed by atoms with Crippen molar-refractivity contribution in [2.75, 3.05) is 11.1 Å². The molecule has 2 aromatic rings. The molecule has 0 bridgehead atoms. The average molecular weight is 393 g/mol. The molecule has 8 heteroatoms. The first kappa shape index (κ1) is 18.1. The molecule has 0 aliphatic heterocycles.